The fourth-order valence-electron chi connectivity index (χ4n) is 4.65. The van der Waals surface area contributed by atoms with Gasteiger partial charge in [-0.05, 0) is 18.2 Å². The van der Waals surface area contributed by atoms with E-state index < -0.39 is 15.7 Å². The first-order chi connectivity index (χ1) is 18.3. The Morgan fingerprint density at radius 3 is 2.50 bits per heavy atom. The van der Waals surface area contributed by atoms with E-state index in [1.165, 1.54) is 32.5 Å². The Bertz CT molecular complexity index is 1400. The van der Waals surface area contributed by atoms with Crippen LogP contribution in [0.2, 0.25) is 5.02 Å². The monoisotopic (exact) mass is 564 g/mol. The van der Waals surface area contributed by atoms with Gasteiger partial charge in [0.05, 0.1) is 54.1 Å². The molecular formula is C24H26ClFN6O5S. The Morgan fingerprint density at radius 1 is 1.16 bits per heavy atom. The second-order valence-electron chi connectivity index (χ2n) is 8.98. The molecule has 202 valence electrons. The van der Waals surface area contributed by atoms with Gasteiger partial charge in [-0.2, -0.15) is 4.98 Å². The lowest BCUT2D eigenvalue weighted by atomic mass is 9.84. The van der Waals surface area contributed by atoms with Gasteiger partial charge in [-0.15, -0.1) is 0 Å². The summed E-state index contributed by atoms with van der Waals surface area (Å²) < 4.78 is 56.7. The third-order valence-electron chi connectivity index (χ3n) is 6.55. The number of benzene rings is 1. The lowest BCUT2D eigenvalue weighted by molar-refractivity contribution is -0.0775. The molecule has 38 heavy (non-hydrogen) atoms. The highest BCUT2D eigenvalue weighted by Crippen LogP contribution is 2.38. The smallest absolute Gasteiger partial charge is 0.262 e. The summed E-state index contributed by atoms with van der Waals surface area (Å²) in [5.74, 6) is 0.302. The highest BCUT2D eigenvalue weighted by Gasteiger charge is 2.43. The van der Waals surface area contributed by atoms with Gasteiger partial charge < -0.3 is 24.4 Å². The first-order valence-electron chi connectivity index (χ1n) is 11.9. The molecule has 14 heteroatoms. The number of piperidine rings is 1. The zero-order valence-electron chi connectivity index (χ0n) is 20.7. The van der Waals surface area contributed by atoms with Crippen LogP contribution in [0.4, 0.5) is 21.8 Å². The van der Waals surface area contributed by atoms with E-state index in [1.807, 2.05) is 0 Å². The van der Waals surface area contributed by atoms with Gasteiger partial charge in [0.2, 0.25) is 11.7 Å². The number of fused-ring (bicyclic) bond motifs is 2. The third-order valence-corrected chi connectivity index (χ3v) is 8.48. The minimum absolute atomic E-state index is 0.00311. The molecule has 1 aromatic carbocycles. The molecule has 1 N–H and O–H groups in total. The highest BCUT2D eigenvalue weighted by atomic mass is 35.5. The van der Waals surface area contributed by atoms with Gasteiger partial charge in [0.25, 0.3) is 5.88 Å². The first kappa shape index (κ1) is 26.3. The van der Waals surface area contributed by atoms with Gasteiger partial charge in [-0.3, -0.25) is 0 Å². The van der Waals surface area contributed by atoms with E-state index >= 15 is 0 Å². The molecule has 2 saturated heterocycles. The summed E-state index contributed by atoms with van der Waals surface area (Å²) >= 11 is 5.93. The molecule has 0 radical (unpaired) electrons. The van der Waals surface area contributed by atoms with Crippen molar-refractivity contribution in [3.05, 3.63) is 47.8 Å². The van der Waals surface area contributed by atoms with Gasteiger partial charge in [0, 0.05) is 24.9 Å². The maximum absolute atomic E-state index is 14.8. The molecule has 2 aliphatic rings. The summed E-state index contributed by atoms with van der Waals surface area (Å²) in [6.45, 7) is 3.70. The van der Waals surface area contributed by atoms with Gasteiger partial charge in [0.15, 0.2) is 15.7 Å². The van der Waals surface area contributed by atoms with Gasteiger partial charge >= 0.3 is 0 Å². The molecular weight excluding hydrogens is 539 g/mol. The summed E-state index contributed by atoms with van der Waals surface area (Å²) in [5.41, 5.74) is 0.0320. The number of rotatable bonds is 8. The second kappa shape index (κ2) is 10.8. The van der Waals surface area contributed by atoms with Crippen LogP contribution in [0.1, 0.15) is 6.92 Å². The quantitative estimate of drug-likeness (QED) is 0.433. The molecule has 2 unspecified atom stereocenters. The summed E-state index contributed by atoms with van der Waals surface area (Å²) in [4.78, 5) is 19.1. The number of methoxy groups -OCH3 is 1. The molecule has 3 aromatic rings. The summed E-state index contributed by atoms with van der Waals surface area (Å²) in [5, 5.41) is 3.33. The lowest BCUT2D eigenvalue weighted by Gasteiger charge is -2.46. The van der Waals surface area contributed by atoms with E-state index in [2.05, 4.69) is 30.2 Å². The fraction of sp³-hybridized carbons (Fsp3) is 0.417. The van der Waals surface area contributed by atoms with Crippen molar-refractivity contribution in [1.82, 2.24) is 19.9 Å². The number of nitrogens with zero attached hydrogens (tertiary/aromatic N) is 5. The topological polar surface area (TPSA) is 129 Å². The van der Waals surface area contributed by atoms with Crippen LogP contribution in [0.3, 0.4) is 0 Å². The molecule has 2 bridgehead atoms. The van der Waals surface area contributed by atoms with Gasteiger partial charge in [0.1, 0.15) is 18.2 Å². The van der Waals surface area contributed by atoms with E-state index in [9.17, 15) is 12.8 Å². The fourth-order valence-corrected chi connectivity index (χ4v) is 5.64. The van der Waals surface area contributed by atoms with Crippen molar-refractivity contribution < 1.29 is 27.0 Å². The summed E-state index contributed by atoms with van der Waals surface area (Å²) in [6.07, 6.45) is 4.20. The SMILES string of the molecule is CCS(=O)(=O)c1ccc(Nc2ncnc(OC3C4COCC3CN(c3ncc(Cl)cn3)C4)c2OC)c(F)c1. The van der Waals surface area contributed by atoms with Gasteiger partial charge in [-0.1, -0.05) is 18.5 Å². The number of sulfone groups is 1. The molecule has 2 aromatic heterocycles. The molecule has 5 rings (SSSR count). The molecule has 0 aliphatic carbocycles. The zero-order chi connectivity index (χ0) is 26.9. The number of aromatic nitrogens is 4. The van der Waals surface area contributed by atoms with Crippen LogP contribution in [0.25, 0.3) is 0 Å². The number of hydrogen-bond acceptors (Lipinski definition) is 11. The van der Waals surface area contributed by atoms with Crippen molar-refractivity contribution in [3.8, 4) is 11.6 Å². The largest absolute Gasteiger partial charge is 0.489 e. The highest BCUT2D eigenvalue weighted by molar-refractivity contribution is 7.91. The average molecular weight is 565 g/mol. The molecule has 0 saturated carbocycles. The Balaban J connectivity index is 1.36. The Morgan fingerprint density at radius 2 is 1.87 bits per heavy atom. The predicted octanol–water partition coefficient (Wildman–Crippen LogP) is 3.14. The molecule has 0 spiro atoms. The van der Waals surface area contributed by atoms with Crippen molar-refractivity contribution in [2.45, 2.75) is 17.9 Å². The Labute approximate surface area is 224 Å². The summed E-state index contributed by atoms with van der Waals surface area (Å²) in [6, 6.07) is 3.66. The maximum atomic E-state index is 14.8. The van der Waals surface area contributed by atoms with E-state index in [4.69, 9.17) is 25.8 Å². The van der Waals surface area contributed by atoms with Crippen LogP contribution in [-0.2, 0) is 14.6 Å². The first-order valence-corrected chi connectivity index (χ1v) is 14.0. The normalized spacial score (nSPS) is 21.2. The van der Waals surface area contributed by atoms with E-state index in [1.54, 1.807) is 12.4 Å². The van der Waals surface area contributed by atoms with Crippen molar-refractivity contribution >= 4 is 38.9 Å². The molecule has 11 nitrogen and oxygen atoms in total. The average Bonchev–Trinajstić information content (AvgIpc) is 2.90. The number of nitrogens with one attached hydrogen (secondary N) is 1. The molecule has 0 amide bonds. The van der Waals surface area contributed by atoms with Crippen LogP contribution in [0, 0.1) is 17.7 Å². The lowest BCUT2D eigenvalue weighted by Crippen LogP contribution is -2.58. The van der Waals surface area contributed by atoms with Gasteiger partial charge in [-0.25, -0.2) is 27.8 Å². The Kier molecular flexibility index (Phi) is 7.50. The van der Waals surface area contributed by atoms with Crippen LogP contribution < -0.4 is 19.7 Å². The zero-order valence-corrected chi connectivity index (χ0v) is 22.2. The van der Waals surface area contributed by atoms with E-state index in [-0.39, 0.29) is 51.7 Å². The minimum Gasteiger partial charge on any atom is -0.489 e. The van der Waals surface area contributed by atoms with Crippen LogP contribution >= 0.6 is 11.6 Å². The van der Waals surface area contributed by atoms with Crippen molar-refractivity contribution in [2.24, 2.45) is 11.8 Å². The number of anilines is 3. The van der Waals surface area contributed by atoms with E-state index in [0.717, 1.165) is 6.07 Å². The molecule has 2 aliphatic heterocycles. The van der Waals surface area contributed by atoms with E-state index in [0.29, 0.717) is 37.3 Å². The number of halogens is 2. The van der Waals surface area contributed by atoms with Crippen molar-refractivity contribution in [1.29, 1.82) is 0 Å². The van der Waals surface area contributed by atoms with Crippen LogP contribution in [0.15, 0.2) is 41.8 Å². The van der Waals surface area contributed by atoms with Crippen LogP contribution in [-0.4, -0.2) is 73.6 Å². The molecule has 2 fully saturated rings. The van der Waals surface area contributed by atoms with Crippen molar-refractivity contribution in [3.63, 3.8) is 0 Å². The minimum atomic E-state index is -3.54. The molecule has 2 atom stereocenters. The maximum Gasteiger partial charge on any atom is 0.262 e. The number of ether oxygens (including phenoxy) is 3. The predicted molar refractivity (Wildman–Crippen MR) is 137 cm³/mol. The van der Waals surface area contributed by atoms with Crippen LogP contribution in [0.5, 0.6) is 11.6 Å². The standard InChI is InChI=1S/C24H26ClFN6O5S/c1-3-38(33,34)17-4-5-19(18(26)6-17)31-22-21(35-2)23(30-13-29-22)37-20-14-9-32(10-15(20)12-36-11-14)24-27-7-16(25)8-28-24/h4-8,13-15,20H,3,9-12H2,1-2H3,(H,29,30,31). The van der Waals surface area contributed by atoms with Crippen molar-refractivity contribution in [2.75, 3.05) is 49.4 Å². The second-order valence-corrected chi connectivity index (χ2v) is 11.7. The Hall–Kier alpha value is -3.29. The third kappa shape index (κ3) is 5.31. The molecule has 4 heterocycles. The number of hydrogen-bond donors (Lipinski definition) is 1. The summed E-state index contributed by atoms with van der Waals surface area (Å²) in [7, 11) is -2.10.